The summed E-state index contributed by atoms with van der Waals surface area (Å²) in [6.07, 6.45) is 3.85. The summed E-state index contributed by atoms with van der Waals surface area (Å²) in [7, 11) is 2.00. The predicted molar refractivity (Wildman–Crippen MR) is 179 cm³/mol. The van der Waals surface area contributed by atoms with E-state index in [0.717, 1.165) is 36.5 Å². The van der Waals surface area contributed by atoms with Gasteiger partial charge in [-0.05, 0) is 64.1 Å². The van der Waals surface area contributed by atoms with Crippen LogP contribution in [0, 0.1) is 0 Å². The summed E-state index contributed by atoms with van der Waals surface area (Å²) < 4.78 is 7.78. The number of ether oxygens (including phenoxy) is 1. The van der Waals surface area contributed by atoms with Crippen LogP contribution in [0.3, 0.4) is 0 Å². The Morgan fingerprint density at radius 2 is 1.73 bits per heavy atom. The first-order chi connectivity index (χ1) is 23.3. The summed E-state index contributed by atoms with van der Waals surface area (Å²) in [5.74, 6) is 1.39. The standard InChI is InChI=1S/C35H39N9O4/c1-4-41-22-36-39-32(41)28-12-7-13-30(37-28)44-20-27-26(35(44)47)19-31(42-14-8-9-23(42)2)38-29(27)21-40(3)15-17-48-18-16-43-33(45)24-10-5-6-11-25(24)34(43)46/h5-7,10-13,19,22-23H,4,8-9,14-18,20-21H2,1-3H3/t23-/m1/s1. The van der Waals surface area contributed by atoms with E-state index in [2.05, 4.69) is 26.9 Å². The molecule has 3 amide bonds. The number of carbonyl (C=O) groups excluding carboxylic acids is 3. The number of anilines is 2. The first-order valence-corrected chi connectivity index (χ1v) is 16.5. The van der Waals surface area contributed by atoms with Crippen molar-refractivity contribution in [1.82, 2.24) is 34.5 Å². The molecule has 0 bridgehead atoms. The molecular formula is C35H39N9O4. The molecule has 1 atom stereocenters. The smallest absolute Gasteiger partial charge is 0.261 e. The number of nitrogens with zero attached hydrogens (tertiary/aromatic N) is 9. The van der Waals surface area contributed by atoms with Crippen LogP contribution < -0.4 is 9.80 Å². The molecule has 6 heterocycles. The molecule has 0 saturated carbocycles. The monoisotopic (exact) mass is 649 g/mol. The van der Waals surface area contributed by atoms with Gasteiger partial charge in [-0.2, -0.15) is 0 Å². The maximum Gasteiger partial charge on any atom is 0.261 e. The molecule has 1 aromatic carbocycles. The van der Waals surface area contributed by atoms with E-state index in [1.165, 1.54) is 4.90 Å². The minimum atomic E-state index is -0.279. The van der Waals surface area contributed by atoms with E-state index >= 15 is 0 Å². The van der Waals surface area contributed by atoms with Gasteiger partial charge in [-0.3, -0.25) is 29.1 Å². The molecule has 48 heavy (non-hydrogen) atoms. The van der Waals surface area contributed by atoms with E-state index in [0.29, 0.717) is 72.9 Å². The molecule has 13 heteroatoms. The van der Waals surface area contributed by atoms with Gasteiger partial charge in [0, 0.05) is 37.8 Å². The van der Waals surface area contributed by atoms with Gasteiger partial charge in [-0.25, -0.2) is 9.97 Å². The number of hydrogen-bond donors (Lipinski definition) is 0. The van der Waals surface area contributed by atoms with Gasteiger partial charge in [0.05, 0.1) is 48.7 Å². The zero-order valence-electron chi connectivity index (χ0n) is 27.5. The minimum absolute atomic E-state index is 0.0949. The average molecular weight is 650 g/mol. The van der Waals surface area contributed by atoms with Crippen molar-refractivity contribution in [1.29, 1.82) is 0 Å². The SMILES string of the molecule is CCn1cnnc1-c1cccc(N2Cc3c(cc(N4CCC[C@H]4C)nc3CN(C)CCOCCN3C(=O)c4ccccc4C3=O)C2=O)n1. The van der Waals surface area contributed by atoms with Crippen LogP contribution in [-0.2, 0) is 24.4 Å². The lowest BCUT2D eigenvalue weighted by atomic mass is 10.1. The number of aryl methyl sites for hydroxylation is 1. The van der Waals surface area contributed by atoms with Crippen molar-refractivity contribution >= 4 is 29.4 Å². The summed E-state index contributed by atoms with van der Waals surface area (Å²) >= 11 is 0. The third kappa shape index (κ3) is 5.84. The first kappa shape index (κ1) is 31.6. The molecule has 4 aromatic rings. The first-order valence-electron chi connectivity index (χ1n) is 16.5. The number of amides is 3. The Hall–Kier alpha value is -5.01. The molecule has 3 aliphatic heterocycles. The van der Waals surface area contributed by atoms with Gasteiger partial charge in [0.2, 0.25) is 0 Å². The fraction of sp³-hybridized carbons (Fsp3) is 0.400. The van der Waals surface area contributed by atoms with Crippen molar-refractivity contribution in [3.8, 4) is 11.5 Å². The van der Waals surface area contributed by atoms with Gasteiger partial charge in [0.15, 0.2) is 5.82 Å². The number of aromatic nitrogens is 5. The van der Waals surface area contributed by atoms with Crippen molar-refractivity contribution in [2.75, 3.05) is 49.7 Å². The summed E-state index contributed by atoms with van der Waals surface area (Å²) in [5, 5.41) is 8.28. The molecule has 1 saturated heterocycles. The Morgan fingerprint density at radius 3 is 2.46 bits per heavy atom. The molecule has 1 fully saturated rings. The van der Waals surface area contributed by atoms with Gasteiger partial charge < -0.3 is 14.2 Å². The topological polar surface area (TPSA) is 130 Å². The average Bonchev–Trinajstić information content (AvgIpc) is 3.88. The number of likely N-dealkylation sites (N-methyl/N-ethyl adjacent to an activating group) is 1. The van der Waals surface area contributed by atoms with E-state index in [1.54, 1.807) is 35.5 Å². The van der Waals surface area contributed by atoms with Gasteiger partial charge >= 0.3 is 0 Å². The highest BCUT2D eigenvalue weighted by Crippen LogP contribution is 2.34. The fourth-order valence-electron chi connectivity index (χ4n) is 6.73. The van der Waals surface area contributed by atoms with E-state index < -0.39 is 0 Å². The summed E-state index contributed by atoms with van der Waals surface area (Å²) in [6, 6.07) is 14.8. The molecule has 3 aromatic heterocycles. The third-order valence-electron chi connectivity index (χ3n) is 9.41. The van der Waals surface area contributed by atoms with Crippen molar-refractivity contribution < 1.29 is 19.1 Å². The zero-order chi connectivity index (χ0) is 33.4. The molecule has 0 aliphatic carbocycles. The maximum absolute atomic E-state index is 14.0. The van der Waals surface area contributed by atoms with E-state index in [4.69, 9.17) is 14.7 Å². The second-order valence-electron chi connectivity index (χ2n) is 12.5. The molecule has 7 rings (SSSR count). The Kier molecular flexibility index (Phi) is 8.71. The van der Waals surface area contributed by atoms with E-state index in [-0.39, 0.29) is 30.9 Å². The highest BCUT2D eigenvalue weighted by molar-refractivity contribution is 6.21. The summed E-state index contributed by atoms with van der Waals surface area (Å²) in [6.45, 7) is 8.19. The fourth-order valence-corrected chi connectivity index (χ4v) is 6.73. The van der Waals surface area contributed by atoms with Crippen LogP contribution >= 0.6 is 0 Å². The lowest BCUT2D eigenvalue weighted by Crippen LogP contribution is -2.33. The van der Waals surface area contributed by atoms with Crippen LogP contribution in [0.4, 0.5) is 11.6 Å². The number of carbonyl (C=O) groups is 3. The van der Waals surface area contributed by atoms with Crippen LogP contribution in [0.5, 0.6) is 0 Å². The molecule has 0 N–H and O–H groups in total. The minimum Gasteiger partial charge on any atom is -0.378 e. The number of rotatable bonds is 12. The van der Waals surface area contributed by atoms with Crippen LogP contribution in [0.1, 0.15) is 69.0 Å². The molecule has 3 aliphatic rings. The maximum atomic E-state index is 14.0. The molecule has 248 valence electrons. The third-order valence-corrected chi connectivity index (χ3v) is 9.41. The number of benzene rings is 1. The van der Waals surface area contributed by atoms with Gasteiger partial charge in [-0.15, -0.1) is 10.2 Å². The molecule has 0 unspecified atom stereocenters. The lowest BCUT2D eigenvalue weighted by molar-refractivity contribution is 0.0540. The Labute approximate surface area is 279 Å². The zero-order valence-corrected chi connectivity index (χ0v) is 27.5. The van der Waals surface area contributed by atoms with Gasteiger partial charge in [0.25, 0.3) is 17.7 Å². The lowest BCUT2D eigenvalue weighted by Gasteiger charge is -2.25. The van der Waals surface area contributed by atoms with Crippen molar-refractivity contribution in [2.45, 2.75) is 52.4 Å². The van der Waals surface area contributed by atoms with Crippen LogP contribution in [0.15, 0.2) is 54.9 Å². The highest BCUT2D eigenvalue weighted by Gasteiger charge is 2.36. The van der Waals surface area contributed by atoms with Crippen LogP contribution in [-0.4, -0.2) is 98.2 Å². The molecule has 0 spiro atoms. The number of pyridine rings is 2. The van der Waals surface area contributed by atoms with E-state index in [1.807, 2.05) is 42.8 Å². The predicted octanol–water partition coefficient (Wildman–Crippen LogP) is 3.65. The number of hydrogen-bond acceptors (Lipinski definition) is 10. The van der Waals surface area contributed by atoms with Crippen molar-refractivity contribution in [3.05, 3.63) is 82.8 Å². The van der Waals surface area contributed by atoms with Crippen LogP contribution in [0.2, 0.25) is 0 Å². The molecule has 0 radical (unpaired) electrons. The number of fused-ring (bicyclic) bond motifs is 2. The second kappa shape index (κ2) is 13.2. The Balaban J connectivity index is 1.04. The largest absolute Gasteiger partial charge is 0.378 e. The van der Waals surface area contributed by atoms with Crippen molar-refractivity contribution in [2.24, 2.45) is 0 Å². The molecular weight excluding hydrogens is 610 g/mol. The van der Waals surface area contributed by atoms with Crippen molar-refractivity contribution in [3.63, 3.8) is 0 Å². The summed E-state index contributed by atoms with van der Waals surface area (Å²) in [5.41, 5.74) is 3.95. The molecule has 13 nitrogen and oxygen atoms in total. The van der Waals surface area contributed by atoms with Gasteiger partial charge in [-0.1, -0.05) is 18.2 Å². The van der Waals surface area contributed by atoms with Crippen LogP contribution in [0.25, 0.3) is 11.5 Å². The Bertz CT molecular complexity index is 1840. The Morgan fingerprint density at radius 1 is 0.938 bits per heavy atom. The normalized spacial score (nSPS) is 17.3. The second-order valence-corrected chi connectivity index (χ2v) is 12.5. The van der Waals surface area contributed by atoms with E-state index in [9.17, 15) is 14.4 Å². The quantitative estimate of drug-likeness (QED) is 0.166. The number of imide groups is 1. The highest BCUT2D eigenvalue weighted by atomic mass is 16.5. The summed E-state index contributed by atoms with van der Waals surface area (Å²) in [4.78, 5) is 56.6. The van der Waals surface area contributed by atoms with Gasteiger partial charge in [0.1, 0.15) is 23.7 Å².